The summed E-state index contributed by atoms with van der Waals surface area (Å²) in [6, 6.07) is 0. The molecule has 4 heteroatoms. The maximum absolute atomic E-state index is 10.7. The number of hydrogen-bond donors (Lipinski definition) is 0. The molecule has 9 heavy (non-hydrogen) atoms. The van der Waals surface area contributed by atoms with Crippen LogP contribution in [0.5, 0.6) is 0 Å². The SMILES string of the molecule is C[Se]N1C(=O)CCC1=O. The fourth-order valence-electron chi connectivity index (χ4n) is 0.760. The summed E-state index contributed by atoms with van der Waals surface area (Å²) in [7, 11) is 0. The van der Waals surface area contributed by atoms with Gasteiger partial charge in [0.25, 0.3) is 0 Å². The number of hydrogen-bond acceptors (Lipinski definition) is 2. The Morgan fingerprint density at radius 2 is 1.78 bits per heavy atom. The van der Waals surface area contributed by atoms with Crippen molar-refractivity contribution in [3.63, 3.8) is 0 Å². The molecule has 0 aromatic carbocycles. The van der Waals surface area contributed by atoms with Gasteiger partial charge in [-0.25, -0.2) is 0 Å². The Morgan fingerprint density at radius 3 is 2.00 bits per heavy atom. The van der Waals surface area contributed by atoms with Gasteiger partial charge in [-0.05, 0) is 0 Å². The molecule has 2 amide bonds. The van der Waals surface area contributed by atoms with Crippen LogP contribution in [0.25, 0.3) is 0 Å². The van der Waals surface area contributed by atoms with Crippen LogP contribution in [0, 0.1) is 0 Å². The summed E-state index contributed by atoms with van der Waals surface area (Å²) < 4.78 is 1.35. The molecule has 0 N–H and O–H groups in total. The van der Waals surface area contributed by atoms with Gasteiger partial charge in [-0.2, -0.15) is 0 Å². The molecule has 1 aliphatic heterocycles. The second-order valence-corrected chi connectivity index (χ2v) is 3.30. The fourth-order valence-corrected chi connectivity index (χ4v) is 2.00. The molecule has 1 aliphatic rings. The molecule has 0 aliphatic carbocycles. The molecule has 0 spiro atoms. The van der Waals surface area contributed by atoms with Crippen molar-refractivity contribution in [1.82, 2.24) is 3.92 Å². The zero-order valence-corrected chi connectivity index (χ0v) is 6.80. The van der Waals surface area contributed by atoms with E-state index in [0.717, 1.165) is 0 Å². The molecular weight excluding hydrogens is 185 g/mol. The molecule has 1 fully saturated rings. The topological polar surface area (TPSA) is 37.4 Å². The monoisotopic (exact) mass is 193 g/mol. The first-order valence-electron chi connectivity index (χ1n) is 2.65. The average molecular weight is 192 g/mol. The molecule has 0 radical (unpaired) electrons. The Morgan fingerprint density at radius 1 is 1.33 bits per heavy atom. The van der Waals surface area contributed by atoms with Crippen LogP contribution < -0.4 is 0 Å². The van der Waals surface area contributed by atoms with Crippen molar-refractivity contribution in [2.24, 2.45) is 0 Å². The predicted molar refractivity (Wildman–Crippen MR) is 32.7 cm³/mol. The molecule has 0 bridgehead atoms. The maximum atomic E-state index is 10.7. The second kappa shape index (κ2) is 2.50. The molecule has 0 unspecified atom stereocenters. The van der Waals surface area contributed by atoms with E-state index in [2.05, 4.69) is 0 Å². The van der Waals surface area contributed by atoms with Crippen LogP contribution in [0.15, 0.2) is 0 Å². The van der Waals surface area contributed by atoms with Crippen LogP contribution in [0.2, 0.25) is 5.82 Å². The number of rotatable bonds is 1. The Kier molecular flexibility index (Phi) is 1.88. The van der Waals surface area contributed by atoms with E-state index in [4.69, 9.17) is 0 Å². The summed E-state index contributed by atoms with van der Waals surface area (Å²) >= 11 is 0.0324. The van der Waals surface area contributed by atoms with Gasteiger partial charge in [0, 0.05) is 0 Å². The van der Waals surface area contributed by atoms with E-state index in [9.17, 15) is 9.59 Å². The molecule has 1 rings (SSSR count). The van der Waals surface area contributed by atoms with E-state index in [0.29, 0.717) is 12.8 Å². The molecule has 1 saturated heterocycles. The minimum atomic E-state index is 0.00231. The van der Waals surface area contributed by atoms with Crippen molar-refractivity contribution in [3.05, 3.63) is 0 Å². The van der Waals surface area contributed by atoms with Gasteiger partial charge in [-0.15, -0.1) is 0 Å². The first-order chi connectivity index (χ1) is 4.25. The predicted octanol–water partition coefficient (Wildman–Crippen LogP) is -0.197. The summed E-state index contributed by atoms with van der Waals surface area (Å²) in [5.41, 5.74) is 0. The first-order valence-corrected chi connectivity index (χ1v) is 5.13. The third-order valence-electron chi connectivity index (χ3n) is 1.19. The van der Waals surface area contributed by atoms with E-state index in [1.54, 1.807) is 0 Å². The Bertz CT molecular complexity index is 141. The molecule has 0 aromatic heterocycles. The van der Waals surface area contributed by atoms with Crippen LogP contribution in [-0.2, 0) is 9.59 Å². The van der Waals surface area contributed by atoms with Crippen molar-refractivity contribution in [2.45, 2.75) is 18.7 Å². The number of carbonyl (C=O) groups is 2. The Hall–Kier alpha value is -0.341. The van der Waals surface area contributed by atoms with E-state index >= 15 is 0 Å². The second-order valence-electron chi connectivity index (χ2n) is 1.76. The summed E-state index contributed by atoms with van der Waals surface area (Å²) in [6.45, 7) is 0. The van der Waals surface area contributed by atoms with Crippen LogP contribution in [0.1, 0.15) is 12.8 Å². The van der Waals surface area contributed by atoms with Crippen LogP contribution in [-0.4, -0.2) is 30.9 Å². The summed E-state index contributed by atoms with van der Waals surface area (Å²) in [5.74, 6) is 1.87. The first kappa shape index (κ1) is 6.77. The van der Waals surface area contributed by atoms with E-state index in [1.807, 2.05) is 5.82 Å². The molecule has 0 aromatic rings. The number of nitrogens with zero attached hydrogens (tertiary/aromatic N) is 1. The van der Waals surface area contributed by atoms with Gasteiger partial charge in [0.05, 0.1) is 0 Å². The van der Waals surface area contributed by atoms with Gasteiger partial charge in [0.2, 0.25) is 0 Å². The molecular formula is C5H7NO2Se. The van der Waals surface area contributed by atoms with Crippen molar-refractivity contribution in [2.75, 3.05) is 0 Å². The quantitative estimate of drug-likeness (QED) is 0.426. The van der Waals surface area contributed by atoms with E-state index in [1.165, 1.54) is 3.92 Å². The number of imide groups is 1. The van der Waals surface area contributed by atoms with Crippen LogP contribution in [0.4, 0.5) is 0 Å². The average Bonchev–Trinajstić information content (AvgIpc) is 2.12. The summed E-state index contributed by atoms with van der Waals surface area (Å²) in [4.78, 5) is 21.5. The van der Waals surface area contributed by atoms with Gasteiger partial charge in [-0.3, -0.25) is 0 Å². The molecule has 1 heterocycles. The third kappa shape index (κ3) is 1.14. The molecule has 0 atom stereocenters. The standard InChI is InChI=1S/C5H7NO2Se/c1-9-6-4(7)2-3-5(6)8/h2-3H2,1H3. The zero-order chi connectivity index (χ0) is 6.85. The van der Waals surface area contributed by atoms with Gasteiger partial charge in [0.15, 0.2) is 0 Å². The van der Waals surface area contributed by atoms with Crippen molar-refractivity contribution >= 4 is 27.0 Å². The Balaban J connectivity index is 2.66. The zero-order valence-electron chi connectivity index (χ0n) is 5.09. The van der Waals surface area contributed by atoms with Crippen molar-refractivity contribution in [1.29, 1.82) is 0 Å². The molecule has 0 saturated carbocycles. The van der Waals surface area contributed by atoms with E-state index < -0.39 is 0 Å². The van der Waals surface area contributed by atoms with Crippen molar-refractivity contribution < 1.29 is 9.59 Å². The molecule has 50 valence electrons. The van der Waals surface area contributed by atoms with Gasteiger partial charge in [-0.1, -0.05) is 0 Å². The summed E-state index contributed by atoms with van der Waals surface area (Å²) in [5, 5.41) is 0. The van der Waals surface area contributed by atoms with E-state index in [-0.39, 0.29) is 27.0 Å². The normalized spacial score (nSPS) is 19.4. The van der Waals surface area contributed by atoms with Gasteiger partial charge < -0.3 is 0 Å². The molecule has 3 nitrogen and oxygen atoms in total. The number of carbonyl (C=O) groups excluding carboxylic acids is 2. The number of amides is 2. The van der Waals surface area contributed by atoms with Gasteiger partial charge in [0.1, 0.15) is 0 Å². The summed E-state index contributed by atoms with van der Waals surface area (Å²) in [6.07, 6.45) is 0.850. The van der Waals surface area contributed by atoms with Crippen LogP contribution >= 0.6 is 0 Å². The van der Waals surface area contributed by atoms with Gasteiger partial charge >= 0.3 is 59.2 Å². The minimum absolute atomic E-state index is 0.00231. The third-order valence-corrected chi connectivity index (χ3v) is 2.81. The van der Waals surface area contributed by atoms with Crippen LogP contribution in [0.3, 0.4) is 0 Å². The fraction of sp³-hybridized carbons (Fsp3) is 0.600. The Labute approximate surface area is 59.8 Å². The van der Waals surface area contributed by atoms with Crippen molar-refractivity contribution in [3.8, 4) is 0 Å².